The number of hydrogen-bond donors (Lipinski definition) is 2. The Labute approximate surface area is 129 Å². The van der Waals surface area contributed by atoms with Crippen LogP contribution in [0, 0.1) is 0 Å². The molecule has 2 amide bonds. The van der Waals surface area contributed by atoms with E-state index in [9.17, 15) is 9.59 Å². The average Bonchev–Trinajstić information content (AvgIpc) is 2.75. The zero-order chi connectivity index (χ0) is 15.0. The van der Waals surface area contributed by atoms with Crippen molar-refractivity contribution in [3.8, 4) is 0 Å². The van der Waals surface area contributed by atoms with Gasteiger partial charge in [-0.25, -0.2) is 4.90 Å². The predicted molar refractivity (Wildman–Crippen MR) is 79.7 cm³/mol. The summed E-state index contributed by atoms with van der Waals surface area (Å²) in [7, 11) is 2.16. The van der Waals surface area contributed by atoms with Gasteiger partial charge in [0.2, 0.25) is 5.91 Å². The average molecular weight is 310 g/mol. The van der Waals surface area contributed by atoms with Gasteiger partial charge in [0.1, 0.15) is 26.2 Å². The second kappa shape index (κ2) is 5.75. The molecule has 6 heteroatoms. The number of halogens is 1. The van der Waals surface area contributed by atoms with Crippen molar-refractivity contribution in [2.75, 3.05) is 38.1 Å². The molecule has 2 aliphatic heterocycles. The van der Waals surface area contributed by atoms with Crippen LogP contribution in [-0.4, -0.2) is 51.1 Å². The molecule has 2 saturated heterocycles. The fourth-order valence-corrected chi connectivity index (χ4v) is 3.37. The number of anilines is 1. The Balaban J connectivity index is 1.79. The number of benzene rings is 1. The van der Waals surface area contributed by atoms with Crippen LogP contribution in [0.5, 0.6) is 0 Å². The zero-order valence-corrected chi connectivity index (χ0v) is 12.8. The molecule has 0 bridgehead atoms. The quantitative estimate of drug-likeness (QED) is 0.646. The minimum atomic E-state index is -0.232. The molecule has 2 fully saturated rings. The first kappa shape index (κ1) is 14.5. The van der Waals surface area contributed by atoms with Gasteiger partial charge in [0, 0.05) is 5.02 Å². The number of amides is 2. The minimum absolute atomic E-state index is 0.0863. The monoisotopic (exact) mass is 309 g/mol. The smallest absolute Gasteiger partial charge is 0.292 e. The lowest BCUT2D eigenvalue weighted by Gasteiger charge is -2.30. The van der Waals surface area contributed by atoms with E-state index in [-0.39, 0.29) is 17.9 Å². The zero-order valence-electron chi connectivity index (χ0n) is 12.1. The third-order valence-corrected chi connectivity index (χ3v) is 4.69. The molecule has 2 heterocycles. The summed E-state index contributed by atoms with van der Waals surface area (Å²) < 4.78 is 0. The maximum atomic E-state index is 12.6. The summed E-state index contributed by atoms with van der Waals surface area (Å²) in [4.78, 5) is 28.9. The van der Waals surface area contributed by atoms with Gasteiger partial charge in [-0.2, -0.15) is 0 Å². The summed E-state index contributed by atoms with van der Waals surface area (Å²) in [6.45, 7) is 3.98. The van der Waals surface area contributed by atoms with E-state index in [0.717, 1.165) is 26.2 Å². The molecule has 2 N–H and O–H groups in total. The maximum Gasteiger partial charge on any atom is 0.292 e. The van der Waals surface area contributed by atoms with E-state index in [2.05, 4.69) is 7.05 Å². The highest BCUT2D eigenvalue weighted by Crippen LogP contribution is 2.24. The van der Waals surface area contributed by atoms with Gasteiger partial charge in [-0.15, -0.1) is 0 Å². The molecule has 1 atom stereocenters. The Morgan fingerprint density at radius 2 is 1.90 bits per heavy atom. The molecular formula is C15H20ClN3O2+2. The third-order valence-electron chi connectivity index (χ3n) is 4.45. The van der Waals surface area contributed by atoms with Crippen molar-refractivity contribution in [3.05, 3.63) is 29.3 Å². The summed E-state index contributed by atoms with van der Waals surface area (Å²) in [5.41, 5.74) is 0.583. The molecule has 3 rings (SSSR count). The van der Waals surface area contributed by atoms with Crippen LogP contribution in [0.25, 0.3) is 0 Å². The van der Waals surface area contributed by atoms with Crippen LogP contribution in [0.3, 0.4) is 0 Å². The second-order valence-electron chi connectivity index (χ2n) is 5.92. The minimum Gasteiger partial charge on any atom is -0.328 e. The van der Waals surface area contributed by atoms with Crippen molar-refractivity contribution < 1.29 is 19.4 Å². The highest BCUT2D eigenvalue weighted by molar-refractivity contribution is 6.31. The second-order valence-corrected chi connectivity index (χ2v) is 6.36. The molecule has 0 spiro atoms. The van der Waals surface area contributed by atoms with E-state index in [4.69, 9.17) is 11.6 Å². The SMILES string of the molecule is C[NH+]1CC[NH+]([C@@H]2CC(=O)N(c3cccc(Cl)c3)C2=O)CC1. The highest BCUT2D eigenvalue weighted by Gasteiger charge is 2.46. The van der Waals surface area contributed by atoms with Crippen LogP contribution < -0.4 is 14.7 Å². The van der Waals surface area contributed by atoms with Gasteiger partial charge in [0.25, 0.3) is 5.91 Å². The van der Waals surface area contributed by atoms with Crippen LogP contribution >= 0.6 is 11.6 Å². The number of imide groups is 1. The van der Waals surface area contributed by atoms with Crippen LogP contribution in [-0.2, 0) is 9.59 Å². The van der Waals surface area contributed by atoms with Crippen molar-refractivity contribution in [2.24, 2.45) is 0 Å². The lowest BCUT2D eigenvalue weighted by Crippen LogP contribution is -3.29. The molecule has 5 nitrogen and oxygen atoms in total. The predicted octanol–water partition coefficient (Wildman–Crippen LogP) is -1.61. The molecule has 112 valence electrons. The molecule has 0 unspecified atom stereocenters. The van der Waals surface area contributed by atoms with Crippen LogP contribution in [0.2, 0.25) is 5.02 Å². The Morgan fingerprint density at radius 1 is 1.19 bits per heavy atom. The van der Waals surface area contributed by atoms with Gasteiger partial charge in [-0.05, 0) is 18.2 Å². The molecule has 2 aliphatic rings. The maximum absolute atomic E-state index is 12.6. The van der Waals surface area contributed by atoms with E-state index < -0.39 is 0 Å². The van der Waals surface area contributed by atoms with Crippen LogP contribution in [0.4, 0.5) is 5.69 Å². The molecule has 1 aromatic carbocycles. The van der Waals surface area contributed by atoms with E-state index >= 15 is 0 Å². The number of nitrogens with zero attached hydrogens (tertiary/aromatic N) is 1. The number of carbonyl (C=O) groups is 2. The molecule has 0 aliphatic carbocycles. The number of nitrogens with one attached hydrogen (secondary N) is 2. The Hall–Kier alpha value is -1.43. The molecule has 0 radical (unpaired) electrons. The first-order valence-electron chi connectivity index (χ1n) is 7.34. The largest absolute Gasteiger partial charge is 0.328 e. The highest BCUT2D eigenvalue weighted by atomic mass is 35.5. The lowest BCUT2D eigenvalue weighted by atomic mass is 10.2. The first-order chi connectivity index (χ1) is 10.1. The Bertz CT molecular complexity index is 570. The molecule has 1 aromatic rings. The number of likely N-dealkylation sites (N-methyl/N-ethyl adjacent to an activating group) is 1. The Kier molecular flexibility index (Phi) is 3.97. The summed E-state index contributed by atoms with van der Waals surface area (Å²) in [5.74, 6) is -0.206. The lowest BCUT2D eigenvalue weighted by molar-refractivity contribution is -1.01. The first-order valence-corrected chi connectivity index (χ1v) is 7.72. The van der Waals surface area contributed by atoms with Crippen molar-refractivity contribution in [3.63, 3.8) is 0 Å². The van der Waals surface area contributed by atoms with Crippen molar-refractivity contribution in [1.29, 1.82) is 0 Å². The summed E-state index contributed by atoms with van der Waals surface area (Å²) in [5, 5.41) is 0.534. The van der Waals surface area contributed by atoms with Crippen molar-refractivity contribution in [1.82, 2.24) is 0 Å². The molecule has 0 saturated carbocycles. The number of carbonyl (C=O) groups excluding carboxylic acids is 2. The van der Waals surface area contributed by atoms with Crippen molar-refractivity contribution in [2.45, 2.75) is 12.5 Å². The van der Waals surface area contributed by atoms with Gasteiger partial charge < -0.3 is 9.80 Å². The van der Waals surface area contributed by atoms with Crippen molar-refractivity contribution >= 4 is 29.1 Å². The van der Waals surface area contributed by atoms with Gasteiger partial charge in [0.05, 0.1) is 19.2 Å². The third kappa shape index (κ3) is 2.81. The number of quaternary nitrogens is 2. The standard InChI is InChI=1S/C15H18ClN3O2/c1-17-5-7-18(8-6-17)13-10-14(20)19(15(13)21)12-4-2-3-11(16)9-12/h2-4,9,13H,5-8,10H2,1H3/p+2/t13-/m1/s1. The number of piperazine rings is 1. The summed E-state index contributed by atoms with van der Waals surface area (Å²) in [6, 6.07) is 6.70. The molecule has 21 heavy (non-hydrogen) atoms. The fraction of sp³-hybridized carbons (Fsp3) is 0.467. The molecule has 0 aromatic heterocycles. The summed E-state index contributed by atoms with van der Waals surface area (Å²) in [6.07, 6.45) is 0.305. The number of rotatable bonds is 2. The van der Waals surface area contributed by atoms with Crippen LogP contribution in [0.1, 0.15) is 6.42 Å². The van der Waals surface area contributed by atoms with E-state index in [1.807, 2.05) is 0 Å². The topological polar surface area (TPSA) is 46.3 Å². The number of hydrogen-bond acceptors (Lipinski definition) is 2. The normalized spacial score (nSPS) is 30.0. The van der Waals surface area contributed by atoms with E-state index in [0.29, 0.717) is 17.1 Å². The summed E-state index contributed by atoms with van der Waals surface area (Å²) >= 11 is 5.96. The van der Waals surface area contributed by atoms with Gasteiger partial charge in [0.15, 0.2) is 6.04 Å². The molecular weight excluding hydrogens is 290 g/mol. The van der Waals surface area contributed by atoms with E-state index in [1.165, 1.54) is 14.7 Å². The Morgan fingerprint density at radius 3 is 2.57 bits per heavy atom. The van der Waals surface area contributed by atoms with Gasteiger partial charge in [-0.3, -0.25) is 9.59 Å². The van der Waals surface area contributed by atoms with Crippen LogP contribution in [0.15, 0.2) is 24.3 Å². The van der Waals surface area contributed by atoms with E-state index in [1.54, 1.807) is 24.3 Å². The van der Waals surface area contributed by atoms with Gasteiger partial charge in [-0.1, -0.05) is 17.7 Å². The fourth-order valence-electron chi connectivity index (χ4n) is 3.18. The van der Waals surface area contributed by atoms with Gasteiger partial charge >= 0.3 is 0 Å².